The highest BCUT2D eigenvalue weighted by Crippen LogP contribution is 2.62. The van der Waals surface area contributed by atoms with Crippen LogP contribution in [0.5, 0.6) is 11.5 Å². The summed E-state index contributed by atoms with van der Waals surface area (Å²) in [5.41, 5.74) is 3.64. The Morgan fingerprint density at radius 2 is 2.36 bits per heavy atom. The van der Waals surface area contributed by atoms with Crippen LogP contribution >= 0.6 is 0 Å². The summed E-state index contributed by atoms with van der Waals surface area (Å²) in [4.78, 5) is 15.2. The zero-order chi connectivity index (χ0) is 17.3. The number of hydrogen-bond acceptors (Lipinski definition) is 4. The van der Waals surface area contributed by atoms with E-state index in [0.29, 0.717) is 12.0 Å². The predicted molar refractivity (Wildman–Crippen MR) is 95.4 cm³/mol. The molecule has 1 saturated heterocycles. The number of nitrogens with zero attached hydrogens (tertiary/aromatic N) is 1. The van der Waals surface area contributed by atoms with Crippen LogP contribution in [0.15, 0.2) is 30.9 Å². The van der Waals surface area contributed by atoms with E-state index in [0.717, 1.165) is 37.3 Å². The molecule has 0 N–H and O–H groups in total. The Balaban J connectivity index is 1.85. The van der Waals surface area contributed by atoms with Gasteiger partial charge in [-0.15, -0.1) is 6.58 Å². The monoisotopic (exact) mass is 337 g/mol. The van der Waals surface area contributed by atoms with Crippen LogP contribution in [-0.2, 0) is 23.1 Å². The van der Waals surface area contributed by atoms with Crippen molar-refractivity contribution in [3.63, 3.8) is 0 Å². The number of methoxy groups -OCH3 is 1. The molecular weight excluding hydrogens is 314 g/mol. The Hall–Kier alpha value is -2.07. The summed E-state index contributed by atoms with van der Waals surface area (Å²) >= 11 is 0. The normalized spacial score (nSPS) is 34.5. The fourth-order valence-corrected chi connectivity index (χ4v) is 5.72. The molecule has 0 saturated carbocycles. The van der Waals surface area contributed by atoms with Gasteiger partial charge >= 0.3 is 0 Å². The third-order valence-electron chi connectivity index (χ3n) is 6.79. The lowest BCUT2D eigenvalue weighted by atomic mass is 9.53. The molecule has 4 atom stereocenters. The topological polar surface area (TPSA) is 38.8 Å². The summed E-state index contributed by atoms with van der Waals surface area (Å²) in [7, 11) is 3.88. The van der Waals surface area contributed by atoms with Gasteiger partial charge in [-0.2, -0.15) is 0 Å². The van der Waals surface area contributed by atoms with E-state index in [9.17, 15) is 4.79 Å². The Kier molecular flexibility index (Phi) is 3.03. The van der Waals surface area contributed by atoms with Crippen LogP contribution in [-0.4, -0.2) is 43.5 Å². The molecule has 0 unspecified atom stereocenters. The van der Waals surface area contributed by atoms with E-state index in [1.165, 1.54) is 16.7 Å². The molecule has 1 aromatic rings. The lowest BCUT2D eigenvalue weighted by Crippen LogP contribution is -2.64. The van der Waals surface area contributed by atoms with E-state index < -0.39 is 6.10 Å². The molecule has 4 nitrogen and oxygen atoms in total. The van der Waals surface area contributed by atoms with Gasteiger partial charge in [0.05, 0.1) is 12.5 Å². The number of benzene rings is 1. The summed E-state index contributed by atoms with van der Waals surface area (Å²) in [6, 6.07) is 2.50. The average Bonchev–Trinajstić information content (AvgIpc) is 2.96. The maximum absolute atomic E-state index is 12.7. The molecule has 25 heavy (non-hydrogen) atoms. The van der Waals surface area contributed by atoms with Gasteiger partial charge in [0.15, 0.2) is 23.4 Å². The first kappa shape index (κ1) is 15.2. The summed E-state index contributed by atoms with van der Waals surface area (Å²) in [6.45, 7) is 4.92. The van der Waals surface area contributed by atoms with Crippen molar-refractivity contribution in [3.8, 4) is 11.5 Å². The minimum absolute atomic E-state index is 0.0935. The van der Waals surface area contributed by atoms with Crippen LogP contribution in [0, 0.1) is 5.92 Å². The largest absolute Gasteiger partial charge is 0.493 e. The van der Waals surface area contributed by atoms with Crippen molar-refractivity contribution < 1.29 is 14.3 Å². The van der Waals surface area contributed by atoms with Crippen molar-refractivity contribution in [2.75, 3.05) is 20.7 Å². The molecule has 1 aromatic carbocycles. The van der Waals surface area contributed by atoms with Crippen LogP contribution in [0.25, 0.3) is 0 Å². The van der Waals surface area contributed by atoms with Gasteiger partial charge in [-0.05, 0) is 56.1 Å². The SMILES string of the molecule is C=CCc1cc(OC)c2c3c1C[C@@H]1[C@@H]4C=CC(=O)[C@H](O2)[C@]34CCN1C. The van der Waals surface area contributed by atoms with Gasteiger partial charge in [0.25, 0.3) is 0 Å². The lowest BCUT2D eigenvalue weighted by Gasteiger charge is -2.55. The van der Waals surface area contributed by atoms with Gasteiger partial charge in [-0.1, -0.05) is 12.2 Å². The van der Waals surface area contributed by atoms with Crippen LogP contribution in [0.2, 0.25) is 0 Å². The first-order valence-corrected chi connectivity index (χ1v) is 9.05. The molecule has 0 aromatic heterocycles. The fourth-order valence-electron chi connectivity index (χ4n) is 5.72. The number of ether oxygens (including phenoxy) is 2. The maximum atomic E-state index is 12.7. The van der Waals surface area contributed by atoms with Gasteiger partial charge in [0.1, 0.15) is 0 Å². The average molecular weight is 337 g/mol. The lowest BCUT2D eigenvalue weighted by molar-refractivity contribution is -0.127. The first-order chi connectivity index (χ1) is 12.1. The second-order valence-electron chi connectivity index (χ2n) is 7.74. The molecule has 4 heteroatoms. The van der Waals surface area contributed by atoms with E-state index in [1.807, 2.05) is 6.08 Å². The van der Waals surface area contributed by atoms with E-state index in [4.69, 9.17) is 9.47 Å². The number of allylic oxidation sites excluding steroid dienone is 1. The zero-order valence-corrected chi connectivity index (χ0v) is 14.7. The number of carbonyl (C=O) groups is 1. The number of rotatable bonds is 3. The summed E-state index contributed by atoms with van der Waals surface area (Å²) in [5.74, 6) is 1.98. The summed E-state index contributed by atoms with van der Waals surface area (Å²) < 4.78 is 12.0. The quantitative estimate of drug-likeness (QED) is 0.794. The minimum Gasteiger partial charge on any atom is -0.493 e. The second kappa shape index (κ2) is 4.98. The molecule has 1 fully saturated rings. The van der Waals surface area contributed by atoms with Crippen LogP contribution in [0.4, 0.5) is 0 Å². The highest BCUT2D eigenvalue weighted by molar-refractivity contribution is 5.98. The second-order valence-corrected chi connectivity index (χ2v) is 7.74. The molecule has 0 amide bonds. The van der Waals surface area contributed by atoms with Crippen molar-refractivity contribution in [2.45, 2.75) is 36.8 Å². The summed E-state index contributed by atoms with van der Waals surface area (Å²) in [5, 5.41) is 0. The molecule has 130 valence electrons. The van der Waals surface area contributed by atoms with Gasteiger partial charge < -0.3 is 14.4 Å². The van der Waals surface area contributed by atoms with Crippen LogP contribution in [0.1, 0.15) is 23.1 Å². The smallest absolute Gasteiger partial charge is 0.196 e. The zero-order valence-electron chi connectivity index (χ0n) is 14.7. The highest BCUT2D eigenvalue weighted by atomic mass is 16.5. The van der Waals surface area contributed by atoms with E-state index >= 15 is 0 Å². The third-order valence-corrected chi connectivity index (χ3v) is 6.79. The molecule has 5 rings (SSSR count). The molecule has 2 bridgehead atoms. The van der Waals surface area contributed by atoms with Crippen molar-refractivity contribution in [2.24, 2.45) is 5.92 Å². The summed E-state index contributed by atoms with van der Waals surface area (Å²) in [6.07, 6.45) is 8.19. The highest BCUT2D eigenvalue weighted by Gasteiger charge is 2.64. The molecule has 1 spiro atoms. The standard InChI is InChI=1S/C21H23NO3/c1-4-5-12-10-17(24-3)19-18-13(12)11-15-14-6-7-16(23)20(25-19)21(14,18)8-9-22(15)2/h4,6-7,10,14-15,20H,1,5,8-9,11H2,2-3H3/t14-,15+,20-,21-/m0/s1. The number of hydrogen-bond donors (Lipinski definition) is 0. The molecule has 0 radical (unpaired) electrons. The Morgan fingerprint density at radius 1 is 1.52 bits per heavy atom. The number of carbonyl (C=O) groups excluding carboxylic acids is 1. The molecule has 4 aliphatic rings. The van der Waals surface area contributed by atoms with Crippen LogP contribution in [0.3, 0.4) is 0 Å². The van der Waals surface area contributed by atoms with Crippen molar-refractivity contribution >= 4 is 5.78 Å². The fraction of sp³-hybridized carbons (Fsp3) is 0.476. The van der Waals surface area contributed by atoms with Gasteiger partial charge in [0, 0.05) is 17.5 Å². The van der Waals surface area contributed by atoms with Crippen molar-refractivity contribution in [3.05, 3.63) is 47.6 Å². The van der Waals surface area contributed by atoms with Crippen molar-refractivity contribution in [1.29, 1.82) is 0 Å². The van der Waals surface area contributed by atoms with E-state index in [1.54, 1.807) is 13.2 Å². The Bertz CT molecular complexity index is 827. The first-order valence-electron chi connectivity index (χ1n) is 9.05. The minimum atomic E-state index is -0.402. The number of piperidine rings is 1. The Labute approximate surface area is 148 Å². The number of likely N-dealkylation sites (tertiary alicyclic amines) is 1. The Morgan fingerprint density at radius 3 is 3.12 bits per heavy atom. The van der Waals surface area contributed by atoms with E-state index in [-0.39, 0.29) is 11.2 Å². The molecule has 2 aliphatic carbocycles. The van der Waals surface area contributed by atoms with Gasteiger partial charge in [-0.3, -0.25) is 4.79 Å². The number of ketones is 1. The van der Waals surface area contributed by atoms with Gasteiger partial charge in [0.2, 0.25) is 0 Å². The molecule has 2 heterocycles. The number of likely N-dealkylation sites (N-methyl/N-ethyl adjacent to an activating group) is 1. The van der Waals surface area contributed by atoms with Gasteiger partial charge in [-0.25, -0.2) is 0 Å². The van der Waals surface area contributed by atoms with Crippen LogP contribution < -0.4 is 9.47 Å². The van der Waals surface area contributed by atoms with E-state index in [2.05, 4.69) is 30.7 Å². The third kappa shape index (κ3) is 1.68. The maximum Gasteiger partial charge on any atom is 0.196 e. The molecule has 2 aliphatic heterocycles. The van der Waals surface area contributed by atoms with Crippen molar-refractivity contribution in [1.82, 2.24) is 4.90 Å². The predicted octanol–water partition coefficient (Wildman–Crippen LogP) is 2.44. The molecular formula is C21H23NO3.